The van der Waals surface area contributed by atoms with Gasteiger partial charge in [0.05, 0.1) is 30.4 Å². The van der Waals surface area contributed by atoms with Crippen LogP contribution in [0.1, 0.15) is 72.5 Å². The van der Waals surface area contributed by atoms with E-state index in [9.17, 15) is 0 Å². The first-order chi connectivity index (χ1) is 17.9. The van der Waals surface area contributed by atoms with Gasteiger partial charge in [0.15, 0.2) is 0 Å². The number of hydrazone groups is 1. The van der Waals surface area contributed by atoms with Gasteiger partial charge in [-0.2, -0.15) is 5.10 Å². The summed E-state index contributed by atoms with van der Waals surface area (Å²) in [7, 11) is 0. The minimum atomic E-state index is -0.283. The molecule has 7 nitrogen and oxygen atoms in total. The van der Waals surface area contributed by atoms with E-state index in [-0.39, 0.29) is 11.0 Å². The van der Waals surface area contributed by atoms with Crippen molar-refractivity contribution in [1.82, 2.24) is 5.16 Å². The highest BCUT2D eigenvalue weighted by Crippen LogP contribution is 2.54. The maximum atomic E-state index is 6.59. The fourth-order valence-electron chi connectivity index (χ4n) is 5.98. The molecule has 194 valence electrons. The van der Waals surface area contributed by atoms with Crippen LogP contribution in [0.4, 0.5) is 0 Å². The van der Waals surface area contributed by atoms with Crippen LogP contribution in [0, 0.1) is 12.3 Å². The average molecular weight is 521 g/mol. The average Bonchev–Trinajstić information content (AvgIpc) is 3.70. The molecule has 2 aromatic carbocycles. The Balaban J connectivity index is 1.16. The summed E-state index contributed by atoms with van der Waals surface area (Å²) < 4.78 is 18.8. The van der Waals surface area contributed by atoms with Crippen molar-refractivity contribution in [3.63, 3.8) is 0 Å². The Kier molecular flexibility index (Phi) is 6.25. The predicted octanol–water partition coefficient (Wildman–Crippen LogP) is 5.76. The summed E-state index contributed by atoms with van der Waals surface area (Å²) >= 11 is 6.59. The van der Waals surface area contributed by atoms with E-state index >= 15 is 0 Å². The summed E-state index contributed by atoms with van der Waals surface area (Å²) in [5.74, 6) is 7.11. The van der Waals surface area contributed by atoms with Crippen molar-refractivity contribution in [3.8, 4) is 11.3 Å². The summed E-state index contributed by atoms with van der Waals surface area (Å²) in [5, 5.41) is 8.79. The second-order valence-corrected chi connectivity index (χ2v) is 11.4. The van der Waals surface area contributed by atoms with E-state index in [0.29, 0.717) is 36.6 Å². The third-order valence-corrected chi connectivity index (χ3v) is 8.79. The zero-order valence-electron chi connectivity index (χ0n) is 21.1. The Hall–Kier alpha value is -2.87. The van der Waals surface area contributed by atoms with Crippen molar-refractivity contribution in [2.75, 3.05) is 13.2 Å². The Morgan fingerprint density at radius 2 is 1.95 bits per heavy atom. The standard InChI is InChI=1S/C29H33ClN4O3/c1-18-4-2-7-23(30)24(18)25-22(26(37-34-25)19-8-9-19)15-35-16-28-10-12-29(13-11-28,36-17-28)21-6-3-5-20(14-21)27(31)33-32/h2-7,14,19H,8-13,15-17,32H2,1H3,(H2,31,33). The molecule has 3 heterocycles. The SMILES string of the molecule is Cc1cccc(Cl)c1-c1noc(C2CC2)c1COCC12CCC(c3cccc(/C(N)=N/N)c3)(CC1)OC2. The fourth-order valence-corrected chi connectivity index (χ4v) is 6.30. The second-order valence-electron chi connectivity index (χ2n) is 11.0. The molecule has 2 bridgehead atoms. The molecule has 0 radical (unpaired) electrons. The molecule has 1 aromatic heterocycles. The zero-order chi connectivity index (χ0) is 25.6. The van der Waals surface area contributed by atoms with E-state index < -0.39 is 0 Å². The number of aryl methyl sites for hydroxylation is 1. The number of nitrogens with two attached hydrogens (primary N) is 2. The van der Waals surface area contributed by atoms with Crippen molar-refractivity contribution < 1.29 is 14.0 Å². The molecule has 8 heteroatoms. The first-order valence-corrected chi connectivity index (χ1v) is 13.4. The first kappa shape index (κ1) is 24.5. The van der Waals surface area contributed by atoms with Crippen molar-refractivity contribution in [2.24, 2.45) is 22.1 Å². The number of nitrogens with zero attached hydrogens (tertiary/aromatic N) is 2. The molecule has 3 aromatic rings. The largest absolute Gasteiger partial charge is 0.382 e. The van der Waals surface area contributed by atoms with E-state index in [4.69, 9.17) is 37.2 Å². The first-order valence-electron chi connectivity index (χ1n) is 13.0. The molecular weight excluding hydrogens is 488 g/mol. The lowest BCUT2D eigenvalue weighted by Crippen LogP contribution is -2.51. The van der Waals surface area contributed by atoms with Gasteiger partial charge < -0.3 is 25.6 Å². The van der Waals surface area contributed by atoms with Crippen LogP contribution in [-0.2, 0) is 21.7 Å². The topological polar surface area (TPSA) is 109 Å². The lowest BCUT2D eigenvalue weighted by molar-refractivity contribution is -0.205. The van der Waals surface area contributed by atoms with Gasteiger partial charge in [0, 0.05) is 28.0 Å². The van der Waals surface area contributed by atoms with Gasteiger partial charge in [-0.1, -0.05) is 47.1 Å². The molecule has 2 saturated carbocycles. The van der Waals surface area contributed by atoms with Crippen LogP contribution < -0.4 is 11.6 Å². The lowest BCUT2D eigenvalue weighted by atomic mass is 9.64. The van der Waals surface area contributed by atoms with Crippen LogP contribution in [0.3, 0.4) is 0 Å². The Morgan fingerprint density at radius 3 is 2.62 bits per heavy atom. The van der Waals surface area contributed by atoms with Gasteiger partial charge in [-0.3, -0.25) is 0 Å². The third kappa shape index (κ3) is 4.43. The van der Waals surface area contributed by atoms with Gasteiger partial charge in [-0.25, -0.2) is 0 Å². The van der Waals surface area contributed by atoms with Crippen LogP contribution in [-0.4, -0.2) is 24.2 Å². The number of benzene rings is 2. The molecule has 0 amide bonds. The van der Waals surface area contributed by atoms with Crippen molar-refractivity contribution in [1.29, 1.82) is 0 Å². The van der Waals surface area contributed by atoms with Crippen LogP contribution in [0.5, 0.6) is 0 Å². The van der Waals surface area contributed by atoms with E-state index in [1.54, 1.807) is 0 Å². The molecule has 2 aliphatic carbocycles. The quantitative estimate of drug-likeness (QED) is 0.169. The molecule has 0 unspecified atom stereocenters. The third-order valence-electron chi connectivity index (χ3n) is 8.48. The number of rotatable bonds is 8. The monoisotopic (exact) mass is 520 g/mol. The summed E-state index contributed by atoms with van der Waals surface area (Å²) in [6.45, 7) is 3.83. The molecule has 37 heavy (non-hydrogen) atoms. The Bertz CT molecular complexity index is 1300. The van der Waals surface area contributed by atoms with E-state index in [0.717, 1.165) is 77.8 Å². The fraction of sp³-hybridized carbons (Fsp3) is 0.448. The number of fused-ring (bicyclic) bond motifs is 3. The number of amidine groups is 1. The predicted molar refractivity (Wildman–Crippen MR) is 143 cm³/mol. The van der Waals surface area contributed by atoms with Crippen LogP contribution >= 0.6 is 11.6 Å². The second kappa shape index (κ2) is 9.46. The zero-order valence-corrected chi connectivity index (χ0v) is 21.9. The summed E-state index contributed by atoms with van der Waals surface area (Å²) in [5.41, 5.74) is 11.5. The summed E-state index contributed by atoms with van der Waals surface area (Å²) in [6.07, 6.45) is 6.26. The maximum Gasteiger partial charge on any atom is 0.150 e. The van der Waals surface area contributed by atoms with Gasteiger partial charge in [0.2, 0.25) is 0 Å². The molecule has 2 saturated heterocycles. The van der Waals surface area contributed by atoms with Gasteiger partial charge in [0.25, 0.3) is 0 Å². The van der Waals surface area contributed by atoms with Crippen LogP contribution in [0.2, 0.25) is 5.02 Å². The highest BCUT2D eigenvalue weighted by Gasteiger charge is 2.51. The molecule has 7 rings (SSSR count). The lowest BCUT2D eigenvalue weighted by Gasteiger charge is -2.53. The molecule has 4 aliphatic rings. The van der Waals surface area contributed by atoms with Gasteiger partial charge >= 0.3 is 0 Å². The van der Waals surface area contributed by atoms with Gasteiger partial charge in [0.1, 0.15) is 17.3 Å². The van der Waals surface area contributed by atoms with Crippen molar-refractivity contribution >= 4 is 17.4 Å². The summed E-state index contributed by atoms with van der Waals surface area (Å²) in [6, 6.07) is 14.0. The smallest absolute Gasteiger partial charge is 0.150 e. The Morgan fingerprint density at radius 1 is 1.16 bits per heavy atom. The highest BCUT2D eigenvalue weighted by molar-refractivity contribution is 6.33. The molecule has 4 N–H and O–H groups in total. The number of aromatic nitrogens is 1. The van der Waals surface area contributed by atoms with Gasteiger partial charge in [-0.05, 0) is 68.7 Å². The van der Waals surface area contributed by atoms with E-state index in [1.807, 2.05) is 24.3 Å². The van der Waals surface area contributed by atoms with Crippen molar-refractivity contribution in [2.45, 2.75) is 63.6 Å². The number of ether oxygens (including phenoxy) is 2. The Labute approximate surface area is 222 Å². The molecule has 4 fully saturated rings. The maximum absolute atomic E-state index is 6.59. The molecule has 2 aliphatic heterocycles. The highest BCUT2D eigenvalue weighted by atomic mass is 35.5. The van der Waals surface area contributed by atoms with E-state index in [2.05, 4.69) is 35.4 Å². The number of halogens is 1. The normalized spacial score (nSPS) is 25.5. The van der Waals surface area contributed by atoms with E-state index in [1.165, 1.54) is 0 Å². The van der Waals surface area contributed by atoms with Crippen LogP contribution in [0.15, 0.2) is 52.1 Å². The number of hydrogen-bond donors (Lipinski definition) is 2. The molecule has 0 spiro atoms. The molecular formula is C29H33ClN4O3. The molecule has 0 atom stereocenters. The number of hydrogen-bond acceptors (Lipinski definition) is 6. The minimum absolute atomic E-state index is 0.0223. The van der Waals surface area contributed by atoms with Crippen molar-refractivity contribution in [3.05, 3.63) is 75.5 Å². The van der Waals surface area contributed by atoms with Gasteiger partial charge in [-0.15, -0.1) is 0 Å². The van der Waals surface area contributed by atoms with Crippen LogP contribution in [0.25, 0.3) is 11.3 Å². The minimum Gasteiger partial charge on any atom is -0.382 e. The summed E-state index contributed by atoms with van der Waals surface area (Å²) in [4.78, 5) is 0.